The van der Waals surface area contributed by atoms with Gasteiger partial charge in [-0.25, -0.2) is 4.98 Å². The summed E-state index contributed by atoms with van der Waals surface area (Å²) in [5.41, 5.74) is 2.79. The summed E-state index contributed by atoms with van der Waals surface area (Å²) in [6.07, 6.45) is 3.57. The van der Waals surface area contributed by atoms with Gasteiger partial charge in [0.05, 0.1) is 21.1 Å². The number of aromatic nitrogens is 2. The first-order valence-corrected chi connectivity index (χ1v) is 6.48. The average molecular weight is 269 g/mol. The molecule has 0 spiro atoms. The first-order valence-electron chi connectivity index (χ1n) is 5.26. The highest BCUT2D eigenvalue weighted by molar-refractivity contribution is 7.78. The van der Waals surface area contributed by atoms with Crippen molar-refractivity contribution in [3.05, 3.63) is 42.7 Å². The van der Waals surface area contributed by atoms with E-state index in [2.05, 4.69) is 32.3 Å². The molecule has 18 heavy (non-hydrogen) atoms. The van der Waals surface area contributed by atoms with Crippen LogP contribution in [0.15, 0.2) is 47.7 Å². The molecule has 0 amide bonds. The SMILES string of the molecule is S=C=Nc1ccc2nc(-c3cccnc3)sc2c1. The Hall–Kier alpha value is -1.94. The molecule has 3 nitrogen and oxygen atoms in total. The molecule has 0 N–H and O–H groups in total. The lowest BCUT2D eigenvalue weighted by Crippen LogP contribution is -1.76. The summed E-state index contributed by atoms with van der Waals surface area (Å²) in [4.78, 5) is 12.6. The van der Waals surface area contributed by atoms with Gasteiger partial charge in [0.2, 0.25) is 0 Å². The second kappa shape index (κ2) is 4.74. The van der Waals surface area contributed by atoms with E-state index in [0.717, 1.165) is 26.5 Å². The summed E-state index contributed by atoms with van der Waals surface area (Å²) in [7, 11) is 0. The van der Waals surface area contributed by atoms with Gasteiger partial charge in [-0.05, 0) is 42.5 Å². The van der Waals surface area contributed by atoms with E-state index < -0.39 is 0 Å². The fourth-order valence-corrected chi connectivity index (χ4v) is 2.74. The van der Waals surface area contributed by atoms with Crippen molar-refractivity contribution in [1.29, 1.82) is 0 Å². The molecule has 0 aliphatic heterocycles. The zero-order valence-corrected chi connectivity index (χ0v) is 10.8. The van der Waals surface area contributed by atoms with Crippen molar-refractivity contribution in [2.75, 3.05) is 0 Å². The maximum absolute atomic E-state index is 4.60. The number of thiocarbonyl (C=S) groups is 1. The van der Waals surface area contributed by atoms with Gasteiger partial charge in [-0.2, -0.15) is 4.99 Å². The molecule has 0 aliphatic rings. The summed E-state index contributed by atoms with van der Waals surface area (Å²) >= 11 is 6.22. The van der Waals surface area contributed by atoms with E-state index in [4.69, 9.17) is 0 Å². The molecule has 0 radical (unpaired) electrons. The van der Waals surface area contributed by atoms with Crippen LogP contribution in [0.1, 0.15) is 0 Å². The number of aliphatic imine (C=N–C) groups is 1. The normalized spacial score (nSPS) is 10.2. The molecule has 0 saturated carbocycles. The fraction of sp³-hybridized carbons (Fsp3) is 0. The predicted molar refractivity (Wildman–Crippen MR) is 77.5 cm³/mol. The predicted octanol–water partition coefficient (Wildman–Crippen LogP) is 4.09. The first kappa shape index (κ1) is 11.2. The highest BCUT2D eigenvalue weighted by Crippen LogP contribution is 2.31. The number of nitrogens with zero attached hydrogens (tertiary/aromatic N) is 3. The lowest BCUT2D eigenvalue weighted by atomic mass is 10.3. The van der Waals surface area contributed by atoms with Crippen LogP contribution in [0.3, 0.4) is 0 Å². The Balaban J connectivity index is 2.14. The van der Waals surface area contributed by atoms with Crippen LogP contribution >= 0.6 is 23.6 Å². The van der Waals surface area contributed by atoms with E-state index in [-0.39, 0.29) is 0 Å². The fourth-order valence-electron chi connectivity index (χ4n) is 1.65. The Labute approximate surface area is 113 Å². The summed E-state index contributed by atoms with van der Waals surface area (Å²) in [5.74, 6) is 0. The third kappa shape index (κ3) is 2.07. The molecule has 1 aromatic carbocycles. The van der Waals surface area contributed by atoms with Crippen LogP contribution in [-0.4, -0.2) is 15.1 Å². The number of thiazole rings is 1. The quantitative estimate of drug-likeness (QED) is 0.519. The number of isothiocyanates is 1. The number of benzene rings is 1. The molecule has 0 saturated heterocycles. The molecule has 0 unspecified atom stereocenters. The zero-order valence-electron chi connectivity index (χ0n) is 9.20. The van der Waals surface area contributed by atoms with Crippen molar-refractivity contribution in [3.8, 4) is 10.6 Å². The minimum atomic E-state index is 0.805. The molecule has 5 heteroatoms. The molecule has 0 aliphatic carbocycles. The Morgan fingerprint density at radius 1 is 1.28 bits per heavy atom. The van der Waals surface area contributed by atoms with Gasteiger partial charge < -0.3 is 0 Å². The number of hydrogen-bond acceptors (Lipinski definition) is 5. The van der Waals surface area contributed by atoms with Crippen LogP contribution in [0, 0.1) is 0 Å². The van der Waals surface area contributed by atoms with Gasteiger partial charge in [0.15, 0.2) is 0 Å². The summed E-state index contributed by atoms with van der Waals surface area (Å²) in [6.45, 7) is 0. The first-order chi connectivity index (χ1) is 8.86. The second-order valence-electron chi connectivity index (χ2n) is 3.62. The summed E-state index contributed by atoms with van der Waals surface area (Å²) < 4.78 is 1.08. The van der Waals surface area contributed by atoms with Crippen molar-refractivity contribution in [3.63, 3.8) is 0 Å². The Bertz CT molecular complexity index is 743. The van der Waals surface area contributed by atoms with Gasteiger partial charge >= 0.3 is 0 Å². The van der Waals surface area contributed by atoms with Gasteiger partial charge in [-0.3, -0.25) is 4.98 Å². The lowest BCUT2D eigenvalue weighted by Gasteiger charge is -1.91. The molecule has 0 bridgehead atoms. The van der Waals surface area contributed by atoms with Gasteiger partial charge in [0, 0.05) is 18.0 Å². The van der Waals surface area contributed by atoms with Gasteiger partial charge in [-0.15, -0.1) is 11.3 Å². The largest absolute Gasteiger partial charge is 0.264 e. The maximum Gasteiger partial charge on any atom is 0.126 e. The van der Waals surface area contributed by atoms with Gasteiger partial charge in [-0.1, -0.05) is 0 Å². The minimum absolute atomic E-state index is 0.805. The van der Waals surface area contributed by atoms with E-state index in [1.165, 1.54) is 0 Å². The zero-order chi connectivity index (χ0) is 12.4. The maximum atomic E-state index is 4.60. The molecular formula is C13H7N3S2. The van der Waals surface area contributed by atoms with Crippen LogP contribution in [0.2, 0.25) is 0 Å². The van der Waals surface area contributed by atoms with Crippen LogP contribution in [0.5, 0.6) is 0 Å². The molecule has 3 rings (SSSR count). The second-order valence-corrected chi connectivity index (χ2v) is 4.83. The van der Waals surface area contributed by atoms with Crippen molar-refractivity contribution >= 4 is 44.6 Å². The minimum Gasteiger partial charge on any atom is -0.264 e. The molecule has 2 heterocycles. The topological polar surface area (TPSA) is 38.1 Å². The molecule has 0 fully saturated rings. The van der Waals surface area contributed by atoms with E-state index in [9.17, 15) is 0 Å². The summed E-state index contributed by atoms with van der Waals surface area (Å²) in [6, 6.07) is 9.70. The van der Waals surface area contributed by atoms with Crippen molar-refractivity contribution in [2.45, 2.75) is 0 Å². The van der Waals surface area contributed by atoms with Crippen LogP contribution in [0.4, 0.5) is 5.69 Å². The number of fused-ring (bicyclic) bond motifs is 1. The van der Waals surface area contributed by atoms with E-state index in [1.54, 1.807) is 17.5 Å². The van der Waals surface area contributed by atoms with E-state index >= 15 is 0 Å². The summed E-state index contributed by atoms with van der Waals surface area (Å²) in [5, 5.41) is 3.33. The number of hydrogen-bond donors (Lipinski definition) is 0. The molecule has 86 valence electrons. The molecular weight excluding hydrogens is 262 g/mol. The smallest absolute Gasteiger partial charge is 0.126 e. The standard InChI is InChI=1S/C13H7N3S2/c17-8-15-10-3-4-11-12(6-10)18-13(16-11)9-2-1-5-14-7-9/h1-7H. The number of rotatable bonds is 2. The monoisotopic (exact) mass is 269 g/mol. The third-order valence-electron chi connectivity index (χ3n) is 2.46. The van der Waals surface area contributed by atoms with Crippen molar-refractivity contribution < 1.29 is 0 Å². The van der Waals surface area contributed by atoms with Gasteiger partial charge in [0.1, 0.15) is 5.01 Å². The highest BCUT2D eigenvalue weighted by atomic mass is 32.1. The van der Waals surface area contributed by atoms with E-state index in [0.29, 0.717) is 0 Å². The van der Waals surface area contributed by atoms with Crippen LogP contribution in [-0.2, 0) is 0 Å². The molecule has 3 aromatic rings. The lowest BCUT2D eigenvalue weighted by molar-refractivity contribution is 1.32. The van der Waals surface area contributed by atoms with Crippen LogP contribution < -0.4 is 0 Å². The third-order valence-corrected chi connectivity index (χ3v) is 3.61. The van der Waals surface area contributed by atoms with Gasteiger partial charge in [0.25, 0.3) is 0 Å². The van der Waals surface area contributed by atoms with Crippen LogP contribution in [0.25, 0.3) is 20.8 Å². The Morgan fingerprint density at radius 2 is 2.22 bits per heavy atom. The molecule has 2 aromatic heterocycles. The van der Waals surface area contributed by atoms with Crippen molar-refractivity contribution in [2.24, 2.45) is 4.99 Å². The van der Waals surface area contributed by atoms with Crippen molar-refractivity contribution in [1.82, 2.24) is 9.97 Å². The Kier molecular flexibility index (Phi) is 2.94. The Morgan fingerprint density at radius 3 is 3.00 bits per heavy atom. The molecule has 0 atom stereocenters. The average Bonchev–Trinajstić information content (AvgIpc) is 2.83. The number of pyridine rings is 1. The van der Waals surface area contributed by atoms with E-state index in [1.807, 2.05) is 36.5 Å². The highest BCUT2D eigenvalue weighted by Gasteiger charge is 2.06.